The van der Waals surface area contributed by atoms with Crippen LogP contribution in [0.3, 0.4) is 0 Å². The third-order valence-electron chi connectivity index (χ3n) is 0.945. The van der Waals surface area contributed by atoms with Crippen LogP contribution in [0.1, 0.15) is 6.92 Å². The van der Waals surface area contributed by atoms with Crippen LogP contribution < -0.4 is 0 Å². The molecule has 1 atom stereocenters. The zero-order valence-electron chi connectivity index (χ0n) is 4.93. The van der Waals surface area contributed by atoms with Gasteiger partial charge in [-0.1, -0.05) is 0 Å². The first-order valence-electron chi connectivity index (χ1n) is 2.22. The highest BCUT2D eigenvalue weighted by atomic mass is 16.1. The van der Waals surface area contributed by atoms with Crippen LogP contribution >= 0.6 is 0 Å². The second kappa shape index (κ2) is 2.75. The van der Waals surface area contributed by atoms with Crippen molar-refractivity contribution in [3.8, 4) is 0 Å². The summed E-state index contributed by atoms with van der Waals surface area (Å²) < 4.78 is 0. The summed E-state index contributed by atoms with van der Waals surface area (Å²) in [6.07, 6.45) is 1.84. The Morgan fingerprint density at radius 2 is 2.00 bits per heavy atom. The predicted molar refractivity (Wildman–Crippen MR) is 28.8 cm³/mol. The molecule has 0 heterocycles. The van der Waals surface area contributed by atoms with Crippen molar-refractivity contribution in [2.24, 2.45) is 0 Å². The molecule has 41 valence electrons. The van der Waals surface area contributed by atoms with E-state index in [4.69, 9.17) is 0 Å². The molecular formula is C5H10NO. The van der Waals surface area contributed by atoms with Gasteiger partial charge in [0.1, 0.15) is 0 Å². The molecule has 0 spiro atoms. The van der Waals surface area contributed by atoms with Crippen LogP contribution in [0.2, 0.25) is 0 Å². The standard InChI is InChI=1S/C5H10NO/c1-5(4-7)6(2)3/h5H,1-3H3. The third kappa shape index (κ3) is 2.34. The Labute approximate surface area is 44.1 Å². The van der Waals surface area contributed by atoms with Crippen LogP contribution in [-0.4, -0.2) is 31.3 Å². The summed E-state index contributed by atoms with van der Waals surface area (Å²) in [5.74, 6) is 0. The number of nitrogens with zero attached hydrogens (tertiary/aromatic N) is 1. The van der Waals surface area contributed by atoms with Gasteiger partial charge in [0.05, 0.1) is 6.04 Å². The van der Waals surface area contributed by atoms with Gasteiger partial charge in [0, 0.05) is 0 Å². The quantitative estimate of drug-likeness (QED) is 0.488. The topological polar surface area (TPSA) is 20.3 Å². The van der Waals surface area contributed by atoms with E-state index in [0.717, 1.165) is 0 Å². The zero-order valence-corrected chi connectivity index (χ0v) is 4.93. The first-order valence-corrected chi connectivity index (χ1v) is 2.22. The molecule has 1 unspecified atom stereocenters. The molecule has 0 aliphatic carbocycles. The van der Waals surface area contributed by atoms with E-state index in [1.165, 1.54) is 0 Å². The van der Waals surface area contributed by atoms with Crippen LogP contribution in [-0.2, 0) is 4.79 Å². The van der Waals surface area contributed by atoms with E-state index in [9.17, 15) is 4.79 Å². The molecule has 0 N–H and O–H groups in total. The van der Waals surface area contributed by atoms with Gasteiger partial charge in [-0.2, -0.15) is 0 Å². The van der Waals surface area contributed by atoms with Crippen molar-refractivity contribution in [2.75, 3.05) is 14.1 Å². The van der Waals surface area contributed by atoms with E-state index in [-0.39, 0.29) is 6.04 Å². The molecule has 0 aromatic rings. The second-order valence-corrected chi connectivity index (χ2v) is 1.76. The largest absolute Gasteiger partial charge is 0.300 e. The van der Waals surface area contributed by atoms with Gasteiger partial charge in [0.2, 0.25) is 6.29 Å². The Kier molecular flexibility index (Phi) is 2.60. The summed E-state index contributed by atoms with van der Waals surface area (Å²) >= 11 is 0. The number of hydrogen-bond donors (Lipinski definition) is 0. The molecule has 0 rings (SSSR count). The van der Waals surface area contributed by atoms with E-state index in [2.05, 4.69) is 0 Å². The Morgan fingerprint density at radius 3 is 2.00 bits per heavy atom. The molecular weight excluding hydrogens is 90.1 g/mol. The highest BCUT2D eigenvalue weighted by Crippen LogP contribution is 1.82. The maximum atomic E-state index is 9.78. The van der Waals surface area contributed by atoms with Crippen molar-refractivity contribution < 1.29 is 4.79 Å². The van der Waals surface area contributed by atoms with Crippen LogP contribution in [0.5, 0.6) is 0 Å². The van der Waals surface area contributed by atoms with Crippen molar-refractivity contribution in [3.05, 3.63) is 0 Å². The van der Waals surface area contributed by atoms with Gasteiger partial charge in [0.15, 0.2) is 0 Å². The van der Waals surface area contributed by atoms with Crippen LogP contribution in [0.15, 0.2) is 0 Å². The lowest BCUT2D eigenvalue weighted by Gasteiger charge is -2.10. The molecule has 0 bridgehead atoms. The molecule has 0 aliphatic rings. The van der Waals surface area contributed by atoms with Crippen LogP contribution in [0.25, 0.3) is 0 Å². The van der Waals surface area contributed by atoms with Gasteiger partial charge in [-0.25, -0.2) is 0 Å². The zero-order chi connectivity index (χ0) is 5.86. The van der Waals surface area contributed by atoms with Gasteiger partial charge in [-0.3, -0.25) is 9.69 Å². The summed E-state index contributed by atoms with van der Waals surface area (Å²) in [6.45, 7) is 1.80. The smallest absolute Gasteiger partial charge is 0.216 e. The lowest BCUT2D eigenvalue weighted by Crippen LogP contribution is -2.25. The van der Waals surface area contributed by atoms with Gasteiger partial charge < -0.3 is 0 Å². The molecule has 0 fully saturated rings. The Bertz CT molecular complexity index is 61.1. The van der Waals surface area contributed by atoms with Crippen LogP contribution in [0, 0.1) is 0 Å². The van der Waals surface area contributed by atoms with Crippen molar-refractivity contribution in [1.29, 1.82) is 0 Å². The average molecular weight is 100 g/mol. The molecule has 1 radical (unpaired) electrons. The molecule has 0 saturated heterocycles. The maximum Gasteiger partial charge on any atom is 0.216 e. The molecule has 0 aromatic heterocycles. The summed E-state index contributed by atoms with van der Waals surface area (Å²) in [5.41, 5.74) is 0. The van der Waals surface area contributed by atoms with Gasteiger partial charge >= 0.3 is 0 Å². The molecule has 0 amide bonds. The normalized spacial score (nSPS) is 14.3. The number of rotatable bonds is 2. The Balaban J connectivity index is 3.33. The minimum atomic E-state index is -0.0694. The fourth-order valence-electron chi connectivity index (χ4n) is 0.105. The fourth-order valence-corrected chi connectivity index (χ4v) is 0.105. The first-order chi connectivity index (χ1) is 3.18. The van der Waals surface area contributed by atoms with Crippen molar-refractivity contribution in [3.63, 3.8) is 0 Å². The minimum absolute atomic E-state index is 0.0694. The average Bonchev–Trinajstić information content (AvgIpc) is 1.65. The van der Waals surface area contributed by atoms with Crippen LogP contribution in [0.4, 0.5) is 0 Å². The van der Waals surface area contributed by atoms with Crippen molar-refractivity contribution in [1.82, 2.24) is 4.90 Å². The highest BCUT2D eigenvalue weighted by Gasteiger charge is 1.99. The van der Waals surface area contributed by atoms with Gasteiger partial charge in [-0.15, -0.1) is 0 Å². The van der Waals surface area contributed by atoms with E-state index < -0.39 is 0 Å². The number of likely N-dealkylation sites (N-methyl/N-ethyl adjacent to an activating group) is 1. The summed E-state index contributed by atoms with van der Waals surface area (Å²) in [4.78, 5) is 11.6. The molecule has 7 heavy (non-hydrogen) atoms. The highest BCUT2D eigenvalue weighted by molar-refractivity contribution is 5.57. The third-order valence-corrected chi connectivity index (χ3v) is 0.945. The van der Waals surface area contributed by atoms with Crippen molar-refractivity contribution >= 4 is 6.29 Å². The Hall–Kier alpha value is -0.370. The molecule has 2 nitrogen and oxygen atoms in total. The minimum Gasteiger partial charge on any atom is -0.300 e. The molecule has 0 aromatic carbocycles. The summed E-state index contributed by atoms with van der Waals surface area (Å²) in [6, 6.07) is -0.0694. The van der Waals surface area contributed by atoms with Crippen molar-refractivity contribution in [2.45, 2.75) is 13.0 Å². The maximum absolute atomic E-state index is 9.78. The second-order valence-electron chi connectivity index (χ2n) is 1.76. The monoisotopic (exact) mass is 100 g/mol. The van der Waals surface area contributed by atoms with E-state index in [1.54, 1.807) is 11.8 Å². The number of hydrogen-bond acceptors (Lipinski definition) is 2. The lowest BCUT2D eigenvalue weighted by atomic mass is 10.4. The number of carbonyl (C=O) groups excluding carboxylic acids is 1. The SMILES string of the molecule is CC([C]=O)N(C)C. The molecule has 0 saturated carbocycles. The molecule has 0 aliphatic heterocycles. The lowest BCUT2D eigenvalue weighted by molar-refractivity contribution is 0.367. The van der Waals surface area contributed by atoms with Gasteiger partial charge in [0.25, 0.3) is 0 Å². The van der Waals surface area contributed by atoms with E-state index in [0.29, 0.717) is 0 Å². The van der Waals surface area contributed by atoms with E-state index in [1.807, 2.05) is 20.4 Å². The van der Waals surface area contributed by atoms with E-state index >= 15 is 0 Å². The predicted octanol–water partition coefficient (Wildman–Crippen LogP) is 0.0462. The summed E-state index contributed by atoms with van der Waals surface area (Å²) in [7, 11) is 3.69. The first kappa shape index (κ1) is 6.63. The molecule has 2 heteroatoms. The Morgan fingerprint density at radius 1 is 1.57 bits per heavy atom. The fraction of sp³-hybridized carbons (Fsp3) is 0.800. The van der Waals surface area contributed by atoms with Gasteiger partial charge in [-0.05, 0) is 21.0 Å². The summed E-state index contributed by atoms with van der Waals surface area (Å²) in [5, 5.41) is 0.